The lowest BCUT2D eigenvalue weighted by atomic mass is 9.82. The van der Waals surface area contributed by atoms with E-state index >= 15 is 0 Å². The number of hydrogen-bond acceptors (Lipinski definition) is 1. The van der Waals surface area contributed by atoms with Gasteiger partial charge in [0.15, 0.2) is 8.07 Å². The maximum absolute atomic E-state index is 2.57. The number of benzene rings is 8. The molecule has 0 spiro atoms. The van der Waals surface area contributed by atoms with Gasteiger partial charge in [0.1, 0.15) is 0 Å². The summed E-state index contributed by atoms with van der Waals surface area (Å²) in [4.78, 5) is 2.44. The molecule has 1 heterocycles. The van der Waals surface area contributed by atoms with E-state index in [1.54, 1.807) is 0 Å². The first-order valence-corrected chi connectivity index (χ1v) is 20.6. The lowest BCUT2D eigenvalue weighted by Gasteiger charge is -2.32. The first-order valence-electron chi connectivity index (χ1n) is 18.6. The van der Waals surface area contributed by atoms with Crippen molar-refractivity contribution in [2.24, 2.45) is 0 Å². The molecule has 53 heavy (non-hydrogen) atoms. The zero-order chi connectivity index (χ0) is 35.6. The number of anilines is 3. The van der Waals surface area contributed by atoms with E-state index in [1.165, 1.54) is 65.3 Å². The van der Waals surface area contributed by atoms with Crippen molar-refractivity contribution in [3.05, 3.63) is 211 Å². The molecule has 1 aliphatic carbocycles. The molecule has 0 saturated carbocycles. The van der Waals surface area contributed by atoms with Gasteiger partial charge in [0.2, 0.25) is 0 Å². The second-order valence-electron chi connectivity index (χ2n) is 14.9. The van der Waals surface area contributed by atoms with Gasteiger partial charge >= 0.3 is 0 Å². The predicted octanol–water partition coefficient (Wildman–Crippen LogP) is 10.5. The van der Waals surface area contributed by atoms with E-state index < -0.39 is 8.07 Å². The summed E-state index contributed by atoms with van der Waals surface area (Å²) < 4.78 is 0. The standard InChI is InChI=1S/C51H39NSi/c1-51(2)47-22-12-9-19-43(47)44-34-31-40(35-48(44)51)52(38-27-25-37(26-28-38)36-15-5-3-6-16-36)39-29-32-42(33-30-39)53(41-17-7-4-8-18-41)49-23-13-10-20-45(49)46-21-11-14-24-50(46)53/h3-35H,1-2H3. The van der Waals surface area contributed by atoms with Gasteiger partial charge in [-0.2, -0.15) is 0 Å². The minimum atomic E-state index is -2.57. The maximum atomic E-state index is 2.44. The molecule has 0 unspecified atom stereocenters. The molecule has 8 aromatic rings. The Labute approximate surface area is 313 Å². The van der Waals surface area contributed by atoms with Crippen molar-refractivity contribution in [3.63, 3.8) is 0 Å². The Hall–Kier alpha value is -6.22. The average Bonchev–Trinajstić information content (AvgIpc) is 3.65. The van der Waals surface area contributed by atoms with Crippen LogP contribution in [-0.4, -0.2) is 8.07 Å². The van der Waals surface area contributed by atoms with Crippen LogP contribution in [0.5, 0.6) is 0 Å². The Morgan fingerprint density at radius 2 is 0.811 bits per heavy atom. The van der Waals surface area contributed by atoms with Gasteiger partial charge in [0.25, 0.3) is 0 Å². The number of hydrogen-bond donors (Lipinski definition) is 0. The Morgan fingerprint density at radius 1 is 0.358 bits per heavy atom. The van der Waals surface area contributed by atoms with Gasteiger partial charge in [-0.25, -0.2) is 0 Å². The molecule has 0 saturated heterocycles. The largest absolute Gasteiger partial charge is 0.310 e. The van der Waals surface area contributed by atoms with E-state index in [9.17, 15) is 0 Å². The molecule has 0 radical (unpaired) electrons. The van der Waals surface area contributed by atoms with Gasteiger partial charge in [-0.3, -0.25) is 0 Å². The van der Waals surface area contributed by atoms with Crippen LogP contribution < -0.4 is 25.6 Å². The fourth-order valence-electron chi connectivity index (χ4n) is 9.28. The van der Waals surface area contributed by atoms with Gasteiger partial charge in [0, 0.05) is 22.5 Å². The Morgan fingerprint density at radius 3 is 1.45 bits per heavy atom. The molecule has 0 atom stereocenters. The fraction of sp³-hybridized carbons (Fsp3) is 0.0588. The summed E-state index contributed by atoms with van der Waals surface area (Å²) in [5, 5.41) is 5.75. The minimum absolute atomic E-state index is 0.0917. The van der Waals surface area contributed by atoms with Crippen LogP contribution in [0.15, 0.2) is 200 Å². The van der Waals surface area contributed by atoms with Crippen molar-refractivity contribution in [3.8, 4) is 33.4 Å². The third-order valence-electron chi connectivity index (χ3n) is 11.8. The first-order chi connectivity index (χ1) is 26.0. The summed E-state index contributed by atoms with van der Waals surface area (Å²) in [6.45, 7) is 4.72. The topological polar surface area (TPSA) is 3.24 Å². The van der Waals surface area contributed by atoms with Crippen LogP contribution in [0.2, 0.25) is 0 Å². The zero-order valence-electron chi connectivity index (χ0n) is 30.0. The Bertz CT molecular complexity index is 2580. The number of fused-ring (bicyclic) bond motifs is 6. The quantitative estimate of drug-likeness (QED) is 0.157. The van der Waals surface area contributed by atoms with Crippen molar-refractivity contribution in [1.82, 2.24) is 0 Å². The molecule has 0 fully saturated rings. The molecule has 2 heteroatoms. The number of nitrogens with zero attached hydrogens (tertiary/aromatic N) is 1. The molecule has 1 nitrogen and oxygen atoms in total. The molecule has 252 valence electrons. The molecule has 0 N–H and O–H groups in total. The van der Waals surface area contributed by atoms with Crippen LogP contribution in [0.1, 0.15) is 25.0 Å². The van der Waals surface area contributed by atoms with Gasteiger partial charge in [0.05, 0.1) is 0 Å². The van der Waals surface area contributed by atoms with Crippen LogP contribution >= 0.6 is 0 Å². The number of rotatable bonds is 6. The van der Waals surface area contributed by atoms with Crippen LogP contribution in [0, 0.1) is 0 Å². The van der Waals surface area contributed by atoms with E-state index in [-0.39, 0.29) is 5.41 Å². The summed E-state index contributed by atoms with van der Waals surface area (Å²) in [5.41, 5.74) is 14.0. The van der Waals surface area contributed by atoms with E-state index in [4.69, 9.17) is 0 Å². The average molecular weight is 694 g/mol. The molecule has 0 amide bonds. The van der Waals surface area contributed by atoms with E-state index in [0.717, 1.165) is 17.1 Å². The molecule has 0 aromatic heterocycles. The van der Waals surface area contributed by atoms with Crippen molar-refractivity contribution >= 4 is 45.9 Å². The van der Waals surface area contributed by atoms with Crippen molar-refractivity contribution in [1.29, 1.82) is 0 Å². The zero-order valence-corrected chi connectivity index (χ0v) is 31.0. The van der Waals surface area contributed by atoms with Gasteiger partial charge in [-0.15, -0.1) is 0 Å². The molecule has 8 aromatic carbocycles. The molecular formula is C51H39NSi. The molecular weight excluding hydrogens is 655 g/mol. The maximum Gasteiger partial charge on any atom is 0.180 e. The third kappa shape index (κ3) is 4.76. The minimum Gasteiger partial charge on any atom is -0.310 e. The van der Waals surface area contributed by atoms with Gasteiger partial charge in [-0.1, -0.05) is 178 Å². The highest BCUT2D eigenvalue weighted by Gasteiger charge is 2.48. The van der Waals surface area contributed by atoms with Crippen molar-refractivity contribution in [2.45, 2.75) is 19.3 Å². The Balaban J connectivity index is 1.14. The highest BCUT2D eigenvalue weighted by molar-refractivity contribution is 7.22. The van der Waals surface area contributed by atoms with Crippen LogP contribution in [0.4, 0.5) is 17.1 Å². The molecule has 10 rings (SSSR count). The van der Waals surface area contributed by atoms with Gasteiger partial charge in [-0.05, 0) is 102 Å². The fourth-order valence-corrected chi connectivity index (χ4v) is 14.4. The smallest absolute Gasteiger partial charge is 0.180 e. The van der Waals surface area contributed by atoms with Crippen molar-refractivity contribution in [2.75, 3.05) is 4.90 Å². The SMILES string of the molecule is CC1(C)c2ccccc2-c2ccc(N(c3ccc(-c4ccccc4)cc3)c3ccc([Si]4(c5ccccc5)c5ccccc5-c5ccccc54)cc3)cc21. The summed E-state index contributed by atoms with van der Waals surface area (Å²) >= 11 is 0. The molecule has 1 aliphatic heterocycles. The third-order valence-corrected chi connectivity index (χ3v) is 16.7. The van der Waals surface area contributed by atoms with E-state index in [1.807, 2.05) is 0 Å². The van der Waals surface area contributed by atoms with Gasteiger partial charge < -0.3 is 4.90 Å². The monoisotopic (exact) mass is 693 g/mol. The highest BCUT2D eigenvalue weighted by atomic mass is 28.3. The predicted molar refractivity (Wildman–Crippen MR) is 227 cm³/mol. The second kappa shape index (κ2) is 12.2. The lowest BCUT2D eigenvalue weighted by molar-refractivity contribution is 0.660. The molecule has 0 bridgehead atoms. The summed E-state index contributed by atoms with van der Waals surface area (Å²) in [6, 6.07) is 74.7. The highest BCUT2D eigenvalue weighted by Crippen LogP contribution is 2.50. The summed E-state index contributed by atoms with van der Waals surface area (Å²) in [6.07, 6.45) is 0. The van der Waals surface area contributed by atoms with Crippen molar-refractivity contribution < 1.29 is 0 Å². The first kappa shape index (κ1) is 31.5. The molecule has 2 aliphatic rings. The summed E-state index contributed by atoms with van der Waals surface area (Å²) in [5.74, 6) is 0. The normalized spacial score (nSPS) is 14.2. The van der Waals surface area contributed by atoms with E-state index in [0.29, 0.717) is 0 Å². The Kier molecular flexibility index (Phi) is 7.25. The van der Waals surface area contributed by atoms with Crippen LogP contribution in [-0.2, 0) is 5.41 Å². The lowest BCUT2D eigenvalue weighted by Crippen LogP contribution is -2.72. The summed E-state index contributed by atoms with van der Waals surface area (Å²) in [7, 11) is -2.57. The second-order valence-corrected chi connectivity index (χ2v) is 18.6. The van der Waals surface area contributed by atoms with Crippen LogP contribution in [0.3, 0.4) is 0 Å². The van der Waals surface area contributed by atoms with E-state index in [2.05, 4.69) is 219 Å². The van der Waals surface area contributed by atoms with Crippen LogP contribution in [0.25, 0.3) is 33.4 Å².